The van der Waals surface area contributed by atoms with Crippen LogP contribution in [0.4, 0.5) is 5.82 Å². The molecule has 2 aromatic heterocycles. The van der Waals surface area contributed by atoms with Gasteiger partial charge in [-0.25, -0.2) is 9.97 Å². The van der Waals surface area contributed by atoms with Crippen molar-refractivity contribution < 1.29 is 4.79 Å². The van der Waals surface area contributed by atoms with Crippen molar-refractivity contribution in [2.24, 2.45) is 5.92 Å². The van der Waals surface area contributed by atoms with Gasteiger partial charge in [-0.2, -0.15) is 0 Å². The number of amides is 1. The van der Waals surface area contributed by atoms with Crippen LogP contribution < -0.4 is 4.90 Å². The first-order chi connectivity index (χ1) is 15.2. The second-order valence-corrected chi connectivity index (χ2v) is 9.35. The van der Waals surface area contributed by atoms with Crippen molar-refractivity contribution >= 4 is 22.9 Å². The minimum absolute atomic E-state index is 0.0936. The number of imidazole rings is 1. The number of likely N-dealkylation sites (tertiary alicyclic amines) is 1. The molecule has 6 heteroatoms. The Morgan fingerprint density at radius 3 is 2.48 bits per heavy atom. The van der Waals surface area contributed by atoms with E-state index in [4.69, 9.17) is 9.97 Å². The zero-order chi connectivity index (χ0) is 20.8. The summed E-state index contributed by atoms with van der Waals surface area (Å²) in [6.07, 6.45) is 6.39. The van der Waals surface area contributed by atoms with Gasteiger partial charge in [0.15, 0.2) is 5.65 Å². The van der Waals surface area contributed by atoms with E-state index in [1.54, 1.807) is 0 Å². The summed E-state index contributed by atoms with van der Waals surface area (Å²) in [4.78, 5) is 30.5. The van der Waals surface area contributed by atoms with Crippen LogP contribution in [0.3, 0.4) is 0 Å². The number of anilines is 1. The zero-order valence-corrected chi connectivity index (χ0v) is 17.9. The number of carbonyl (C=O) groups is 1. The number of nitrogens with one attached hydrogen (secondary N) is 1. The Labute approximate surface area is 182 Å². The fraction of sp³-hybridized carbons (Fsp3) is 0.480. The summed E-state index contributed by atoms with van der Waals surface area (Å²) in [6, 6.07) is 12.9. The highest BCUT2D eigenvalue weighted by atomic mass is 16.2. The lowest BCUT2D eigenvalue weighted by Gasteiger charge is -2.34. The molecule has 1 atom stereocenters. The molecule has 0 radical (unpaired) electrons. The van der Waals surface area contributed by atoms with Crippen molar-refractivity contribution in [3.8, 4) is 0 Å². The van der Waals surface area contributed by atoms with Crippen LogP contribution in [0.2, 0.25) is 0 Å². The van der Waals surface area contributed by atoms with Gasteiger partial charge in [0.2, 0.25) is 5.91 Å². The van der Waals surface area contributed by atoms with Crippen molar-refractivity contribution in [2.45, 2.75) is 44.4 Å². The van der Waals surface area contributed by atoms with Crippen LogP contribution in [0.5, 0.6) is 0 Å². The molecule has 3 aromatic rings. The second-order valence-electron chi connectivity index (χ2n) is 9.35. The van der Waals surface area contributed by atoms with Gasteiger partial charge in [-0.15, -0.1) is 0 Å². The lowest BCUT2D eigenvalue weighted by Crippen LogP contribution is -2.44. The molecule has 1 aromatic carbocycles. The Bertz CT molecular complexity index is 1090. The number of nitrogens with zero attached hydrogens (tertiary/aromatic N) is 4. The molecule has 31 heavy (non-hydrogen) atoms. The fourth-order valence-electron chi connectivity index (χ4n) is 5.61. The molecule has 1 unspecified atom stereocenters. The number of pyridine rings is 1. The summed E-state index contributed by atoms with van der Waals surface area (Å²) >= 11 is 0. The number of hydrogen-bond donors (Lipinski definition) is 1. The van der Waals surface area contributed by atoms with E-state index in [1.807, 2.05) is 0 Å². The molecular weight excluding hydrogens is 386 g/mol. The highest BCUT2D eigenvalue weighted by Gasteiger charge is 2.31. The molecule has 0 bridgehead atoms. The average molecular weight is 416 g/mol. The van der Waals surface area contributed by atoms with Crippen molar-refractivity contribution in [2.75, 3.05) is 31.1 Å². The summed E-state index contributed by atoms with van der Waals surface area (Å²) in [5.74, 6) is 2.81. The van der Waals surface area contributed by atoms with Gasteiger partial charge in [0, 0.05) is 32.1 Å². The molecular formula is C25H29N5O. The lowest BCUT2D eigenvalue weighted by molar-refractivity contribution is -0.134. The first-order valence-electron chi connectivity index (χ1n) is 11.7. The molecule has 2 fully saturated rings. The third-order valence-electron chi connectivity index (χ3n) is 7.30. The number of aromatic amines is 1. The Morgan fingerprint density at radius 1 is 0.935 bits per heavy atom. The molecule has 6 rings (SSSR count). The highest BCUT2D eigenvalue weighted by molar-refractivity contribution is 5.80. The summed E-state index contributed by atoms with van der Waals surface area (Å²) in [6.45, 7) is 3.59. The van der Waals surface area contributed by atoms with Gasteiger partial charge >= 0.3 is 0 Å². The van der Waals surface area contributed by atoms with Gasteiger partial charge in [-0.05, 0) is 61.8 Å². The number of carbonyl (C=O) groups excluding carboxylic acids is 1. The first-order valence-corrected chi connectivity index (χ1v) is 11.7. The zero-order valence-electron chi connectivity index (χ0n) is 17.9. The standard InChI is InChI=1S/C25H29N5O/c31-25(29-11-3-4-12-29)19-8-5-13-30(16-19)22-10-9-21-24(27-22)28-23(26-21)20-14-17-6-1-2-7-18(17)15-20/h1-2,6-7,9-10,19-20H,3-5,8,11-16H2,(H,26,27,28). The maximum atomic E-state index is 12.9. The summed E-state index contributed by atoms with van der Waals surface area (Å²) in [7, 11) is 0. The molecule has 1 aliphatic carbocycles. The molecule has 1 N–H and O–H groups in total. The molecule has 3 aliphatic rings. The van der Waals surface area contributed by atoms with Gasteiger partial charge in [-0.1, -0.05) is 24.3 Å². The van der Waals surface area contributed by atoms with E-state index >= 15 is 0 Å². The van der Waals surface area contributed by atoms with E-state index in [-0.39, 0.29) is 5.92 Å². The third kappa shape index (κ3) is 3.48. The predicted molar refractivity (Wildman–Crippen MR) is 121 cm³/mol. The number of hydrogen-bond acceptors (Lipinski definition) is 4. The number of H-pyrrole nitrogens is 1. The third-order valence-corrected chi connectivity index (χ3v) is 7.30. The van der Waals surface area contributed by atoms with Crippen molar-refractivity contribution in [3.63, 3.8) is 0 Å². The van der Waals surface area contributed by atoms with Gasteiger partial charge in [-0.3, -0.25) is 4.79 Å². The van der Waals surface area contributed by atoms with E-state index in [1.165, 1.54) is 11.1 Å². The lowest BCUT2D eigenvalue weighted by atomic mass is 9.96. The first kappa shape index (κ1) is 18.8. The fourth-order valence-corrected chi connectivity index (χ4v) is 5.61. The molecule has 0 saturated carbocycles. The van der Waals surface area contributed by atoms with Crippen molar-refractivity contribution in [1.82, 2.24) is 19.9 Å². The van der Waals surface area contributed by atoms with Crippen LogP contribution in [0.1, 0.15) is 48.6 Å². The van der Waals surface area contributed by atoms with Crippen LogP contribution in [0.15, 0.2) is 36.4 Å². The van der Waals surface area contributed by atoms with Crippen LogP contribution >= 0.6 is 0 Å². The Balaban J connectivity index is 1.20. The van der Waals surface area contributed by atoms with Crippen molar-refractivity contribution in [3.05, 3.63) is 53.3 Å². The molecule has 1 amide bonds. The molecule has 6 nitrogen and oxygen atoms in total. The summed E-state index contributed by atoms with van der Waals surface area (Å²) < 4.78 is 0. The maximum absolute atomic E-state index is 12.9. The SMILES string of the molecule is O=C(C1CCCN(c2ccc3[nH]c(C4Cc5ccccc5C4)nc3n2)C1)N1CCCC1. The quantitative estimate of drug-likeness (QED) is 0.709. The average Bonchev–Trinajstić information content (AvgIpc) is 3.57. The molecule has 2 aliphatic heterocycles. The van der Waals surface area contributed by atoms with Crippen LogP contribution in [0.25, 0.3) is 11.2 Å². The van der Waals surface area contributed by atoms with Crippen LogP contribution in [-0.2, 0) is 17.6 Å². The van der Waals surface area contributed by atoms with E-state index in [0.717, 1.165) is 87.5 Å². The van der Waals surface area contributed by atoms with E-state index in [0.29, 0.717) is 11.8 Å². The van der Waals surface area contributed by atoms with E-state index < -0.39 is 0 Å². The van der Waals surface area contributed by atoms with E-state index in [2.05, 4.69) is 51.2 Å². The predicted octanol–water partition coefficient (Wildman–Crippen LogP) is 3.68. The summed E-state index contributed by atoms with van der Waals surface area (Å²) in [5, 5.41) is 0. The number of aromatic nitrogens is 3. The monoisotopic (exact) mass is 415 g/mol. The molecule has 2 saturated heterocycles. The minimum atomic E-state index is 0.0936. The van der Waals surface area contributed by atoms with Gasteiger partial charge in [0.25, 0.3) is 0 Å². The van der Waals surface area contributed by atoms with E-state index in [9.17, 15) is 4.79 Å². The van der Waals surface area contributed by atoms with Crippen molar-refractivity contribution in [1.29, 1.82) is 0 Å². The molecule has 0 spiro atoms. The second kappa shape index (κ2) is 7.66. The van der Waals surface area contributed by atoms with Gasteiger partial charge < -0.3 is 14.8 Å². The van der Waals surface area contributed by atoms with Crippen LogP contribution in [-0.4, -0.2) is 51.9 Å². The normalized spacial score (nSPS) is 21.7. The Hall–Kier alpha value is -2.89. The smallest absolute Gasteiger partial charge is 0.227 e. The Kier molecular flexibility index (Phi) is 4.66. The number of rotatable bonds is 3. The van der Waals surface area contributed by atoms with Gasteiger partial charge in [0.1, 0.15) is 11.6 Å². The van der Waals surface area contributed by atoms with Gasteiger partial charge in [0.05, 0.1) is 11.4 Å². The number of benzene rings is 1. The molecule has 4 heterocycles. The molecule has 160 valence electrons. The number of piperidine rings is 1. The largest absolute Gasteiger partial charge is 0.356 e. The summed E-state index contributed by atoms with van der Waals surface area (Å²) in [5.41, 5.74) is 4.65. The highest BCUT2D eigenvalue weighted by Crippen LogP contribution is 2.33. The minimum Gasteiger partial charge on any atom is -0.356 e. The topological polar surface area (TPSA) is 65.1 Å². The number of fused-ring (bicyclic) bond motifs is 2. The van der Waals surface area contributed by atoms with Crippen LogP contribution in [0, 0.1) is 5.92 Å². The maximum Gasteiger partial charge on any atom is 0.227 e. The Morgan fingerprint density at radius 2 is 1.71 bits per heavy atom.